The van der Waals surface area contributed by atoms with E-state index in [1.807, 2.05) is 42.5 Å². The van der Waals surface area contributed by atoms with Crippen molar-refractivity contribution in [1.82, 2.24) is 30.2 Å². The van der Waals surface area contributed by atoms with Gasteiger partial charge in [-0.1, -0.05) is 35.4 Å². The molecule has 0 unspecified atom stereocenters. The van der Waals surface area contributed by atoms with Gasteiger partial charge in [-0.25, -0.2) is 9.97 Å². The molecule has 9 heteroatoms. The third kappa shape index (κ3) is 3.36. The number of hydrogen-bond acceptors (Lipinski definition) is 8. The van der Waals surface area contributed by atoms with E-state index in [1.54, 1.807) is 16.0 Å². The smallest absolute Gasteiger partial charge is 0.250 e. The molecule has 32 heavy (non-hydrogen) atoms. The van der Waals surface area contributed by atoms with Crippen molar-refractivity contribution in [3.05, 3.63) is 71.4 Å². The number of benzene rings is 2. The first-order valence-corrected chi connectivity index (χ1v) is 11.4. The van der Waals surface area contributed by atoms with E-state index in [9.17, 15) is 0 Å². The predicted molar refractivity (Wildman–Crippen MR) is 126 cm³/mol. The van der Waals surface area contributed by atoms with Gasteiger partial charge >= 0.3 is 0 Å². The molecule has 1 aliphatic heterocycles. The van der Waals surface area contributed by atoms with Gasteiger partial charge in [0.1, 0.15) is 5.82 Å². The Morgan fingerprint density at radius 3 is 2.38 bits per heavy atom. The predicted octanol–water partition coefficient (Wildman–Crippen LogP) is 3.66. The van der Waals surface area contributed by atoms with Gasteiger partial charge in [-0.3, -0.25) is 0 Å². The molecule has 0 radical (unpaired) electrons. The number of thiophene rings is 1. The molecular formula is C23H20N8S. The third-order valence-corrected chi connectivity index (χ3v) is 6.36. The van der Waals surface area contributed by atoms with Gasteiger partial charge in [0.15, 0.2) is 5.82 Å². The van der Waals surface area contributed by atoms with E-state index in [4.69, 9.17) is 9.97 Å². The zero-order valence-corrected chi connectivity index (χ0v) is 18.1. The van der Waals surface area contributed by atoms with Crippen LogP contribution < -0.4 is 9.80 Å². The Hall–Kier alpha value is -3.85. The zero-order chi connectivity index (χ0) is 21.3. The molecule has 2 aromatic carbocycles. The first-order valence-electron chi connectivity index (χ1n) is 10.5. The average molecular weight is 441 g/mol. The lowest BCUT2D eigenvalue weighted by molar-refractivity contribution is 0.628. The van der Waals surface area contributed by atoms with Gasteiger partial charge in [-0.2, -0.15) is 16.0 Å². The van der Waals surface area contributed by atoms with Gasteiger partial charge in [0.05, 0.1) is 11.2 Å². The normalized spacial score (nSPS) is 14.2. The van der Waals surface area contributed by atoms with Gasteiger partial charge in [0.25, 0.3) is 0 Å². The maximum absolute atomic E-state index is 4.98. The summed E-state index contributed by atoms with van der Waals surface area (Å²) in [5, 5.41) is 17.6. The molecule has 0 N–H and O–H groups in total. The van der Waals surface area contributed by atoms with Crippen LogP contribution in [-0.4, -0.2) is 56.4 Å². The lowest BCUT2D eigenvalue weighted by Gasteiger charge is -2.36. The molecule has 0 aliphatic carbocycles. The molecule has 3 aromatic heterocycles. The summed E-state index contributed by atoms with van der Waals surface area (Å²) in [6.45, 7) is 3.26. The highest BCUT2D eigenvalue weighted by molar-refractivity contribution is 7.08. The van der Waals surface area contributed by atoms with E-state index in [1.165, 1.54) is 0 Å². The fourth-order valence-electron chi connectivity index (χ4n) is 4.06. The molecule has 0 bridgehead atoms. The Morgan fingerprint density at radius 2 is 1.56 bits per heavy atom. The van der Waals surface area contributed by atoms with Crippen LogP contribution in [0.1, 0.15) is 0 Å². The maximum atomic E-state index is 4.98. The van der Waals surface area contributed by atoms with Gasteiger partial charge in [-0.05, 0) is 46.1 Å². The Labute approximate surface area is 188 Å². The number of fused-ring (bicyclic) bond motifs is 1. The lowest BCUT2D eigenvalue weighted by Crippen LogP contribution is -2.47. The van der Waals surface area contributed by atoms with E-state index >= 15 is 0 Å². The van der Waals surface area contributed by atoms with Crippen molar-refractivity contribution < 1.29 is 0 Å². The molecule has 1 aliphatic rings. The van der Waals surface area contributed by atoms with E-state index in [0.29, 0.717) is 0 Å². The molecule has 5 aromatic rings. The number of rotatable bonds is 4. The second kappa shape index (κ2) is 8.01. The van der Waals surface area contributed by atoms with Crippen LogP contribution >= 0.6 is 11.3 Å². The quantitative estimate of drug-likeness (QED) is 0.422. The van der Waals surface area contributed by atoms with Crippen LogP contribution in [0.2, 0.25) is 0 Å². The third-order valence-electron chi connectivity index (χ3n) is 5.68. The number of hydrogen-bond donors (Lipinski definition) is 0. The van der Waals surface area contributed by atoms with Crippen LogP contribution in [-0.2, 0) is 0 Å². The summed E-state index contributed by atoms with van der Waals surface area (Å²) in [5.41, 5.74) is 2.98. The topological polar surface area (TPSA) is 75.9 Å². The minimum atomic E-state index is 0.766. The molecule has 0 atom stereocenters. The highest BCUT2D eigenvalue weighted by atomic mass is 32.1. The molecule has 6 rings (SSSR count). The van der Waals surface area contributed by atoms with Crippen molar-refractivity contribution in [2.24, 2.45) is 0 Å². The minimum absolute atomic E-state index is 0.766. The summed E-state index contributed by atoms with van der Waals surface area (Å²) in [5.74, 6) is 2.52. The van der Waals surface area contributed by atoms with Crippen molar-refractivity contribution in [3.63, 3.8) is 0 Å². The Bertz CT molecular complexity index is 1340. The van der Waals surface area contributed by atoms with Crippen LogP contribution in [0.4, 0.5) is 11.8 Å². The number of aromatic nitrogens is 6. The highest BCUT2D eigenvalue weighted by Gasteiger charge is 2.24. The van der Waals surface area contributed by atoms with Gasteiger partial charge < -0.3 is 9.80 Å². The molecule has 1 fully saturated rings. The lowest BCUT2D eigenvalue weighted by atomic mass is 10.2. The number of anilines is 2. The standard InChI is InChI=1S/C23H20N8S/c1-2-6-18(7-3-1)31-23(26-27-28-31)30-13-11-29(12-14-30)22-19-8-4-5-9-20(19)24-21(25-22)17-10-15-32-16-17/h1-10,15-16H,11-14H2. The van der Waals surface area contributed by atoms with Crippen LogP contribution in [0.15, 0.2) is 71.4 Å². The summed E-state index contributed by atoms with van der Waals surface area (Å²) < 4.78 is 1.80. The zero-order valence-electron chi connectivity index (χ0n) is 17.2. The molecule has 158 valence electrons. The van der Waals surface area contributed by atoms with Crippen molar-refractivity contribution in [2.45, 2.75) is 0 Å². The Kier molecular flexibility index (Phi) is 4.73. The first kappa shape index (κ1) is 18.9. The largest absolute Gasteiger partial charge is 0.352 e. The number of piperazine rings is 1. The maximum Gasteiger partial charge on any atom is 0.250 e. The van der Waals surface area contributed by atoms with Crippen LogP contribution in [0.25, 0.3) is 28.0 Å². The minimum Gasteiger partial charge on any atom is -0.352 e. The summed E-state index contributed by atoms with van der Waals surface area (Å²) >= 11 is 1.66. The molecule has 0 spiro atoms. The van der Waals surface area contributed by atoms with E-state index in [-0.39, 0.29) is 0 Å². The van der Waals surface area contributed by atoms with Gasteiger partial charge in [-0.15, -0.1) is 0 Å². The summed E-state index contributed by atoms with van der Waals surface area (Å²) in [6, 6.07) is 20.3. The fraction of sp³-hybridized carbons (Fsp3) is 0.174. The summed E-state index contributed by atoms with van der Waals surface area (Å²) in [7, 11) is 0. The van der Waals surface area contributed by atoms with E-state index in [2.05, 4.69) is 54.3 Å². The molecule has 0 amide bonds. The SMILES string of the molecule is c1ccc(-n2nnnc2N2CCN(c3nc(-c4ccsc4)nc4ccccc34)CC2)cc1. The van der Waals surface area contributed by atoms with E-state index in [0.717, 1.165) is 65.9 Å². The molecular weight excluding hydrogens is 420 g/mol. The molecule has 0 saturated carbocycles. The van der Waals surface area contributed by atoms with Crippen molar-refractivity contribution in [2.75, 3.05) is 36.0 Å². The number of para-hydroxylation sites is 2. The molecule has 1 saturated heterocycles. The number of nitrogens with zero attached hydrogens (tertiary/aromatic N) is 8. The van der Waals surface area contributed by atoms with Crippen molar-refractivity contribution in [1.29, 1.82) is 0 Å². The summed E-state index contributed by atoms with van der Waals surface area (Å²) in [4.78, 5) is 14.3. The fourth-order valence-corrected chi connectivity index (χ4v) is 4.69. The van der Waals surface area contributed by atoms with Crippen LogP contribution in [0.5, 0.6) is 0 Å². The summed E-state index contributed by atoms with van der Waals surface area (Å²) in [6.07, 6.45) is 0. The first-order chi connectivity index (χ1) is 15.9. The van der Waals surface area contributed by atoms with Gasteiger partial charge in [0, 0.05) is 42.5 Å². The second-order valence-corrected chi connectivity index (χ2v) is 8.38. The second-order valence-electron chi connectivity index (χ2n) is 7.60. The highest BCUT2D eigenvalue weighted by Crippen LogP contribution is 2.29. The molecule has 4 heterocycles. The molecule has 8 nitrogen and oxygen atoms in total. The van der Waals surface area contributed by atoms with Gasteiger partial charge in [0.2, 0.25) is 5.95 Å². The Balaban J connectivity index is 1.29. The van der Waals surface area contributed by atoms with Crippen LogP contribution in [0, 0.1) is 0 Å². The van der Waals surface area contributed by atoms with Crippen molar-refractivity contribution in [3.8, 4) is 17.1 Å². The number of tetrazole rings is 1. The monoisotopic (exact) mass is 440 g/mol. The van der Waals surface area contributed by atoms with E-state index < -0.39 is 0 Å². The Morgan fingerprint density at radius 1 is 0.781 bits per heavy atom. The average Bonchev–Trinajstić information content (AvgIpc) is 3.57. The van der Waals surface area contributed by atoms with Crippen LogP contribution in [0.3, 0.4) is 0 Å². The van der Waals surface area contributed by atoms with Crippen molar-refractivity contribution >= 4 is 34.0 Å².